The Morgan fingerprint density at radius 2 is 1.53 bits per heavy atom. The van der Waals surface area contributed by atoms with E-state index in [0.717, 1.165) is 15.9 Å². The van der Waals surface area contributed by atoms with Gasteiger partial charge in [-0.25, -0.2) is 4.68 Å². The van der Waals surface area contributed by atoms with Gasteiger partial charge in [0.1, 0.15) is 34.8 Å². The van der Waals surface area contributed by atoms with Crippen LogP contribution in [0.1, 0.15) is 16.7 Å². The van der Waals surface area contributed by atoms with Gasteiger partial charge in [-0.1, -0.05) is 82.7 Å². The zero-order chi connectivity index (χ0) is 26.6. The highest BCUT2D eigenvalue weighted by Crippen LogP contribution is 2.34. The third kappa shape index (κ3) is 4.39. The minimum absolute atomic E-state index is 0.0199. The van der Waals surface area contributed by atoms with E-state index in [1.807, 2.05) is 72.8 Å². The van der Waals surface area contributed by atoms with Crippen LogP contribution in [0.25, 0.3) is 28.1 Å². The molecule has 5 rings (SSSR count). The zero-order valence-electron chi connectivity index (χ0n) is 19.8. The Morgan fingerprint density at radius 1 is 0.895 bits per heavy atom. The molecule has 0 aliphatic carbocycles. The summed E-state index contributed by atoms with van der Waals surface area (Å²) in [4.78, 5) is 13.4. The number of nitriles is 2. The van der Waals surface area contributed by atoms with Crippen LogP contribution in [0.5, 0.6) is 0 Å². The van der Waals surface area contributed by atoms with Crippen LogP contribution in [-0.4, -0.2) is 20.7 Å². The Hall–Kier alpha value is -5.25. The summed E-state index contributed by atoms with van der Waals surface area (Å²) in [5, 5.41) is 28.9. The van der Waals surface area contributed by atoms with Gasteiger partial charge < -0.3 is 5.73 Å². The Labute approximate surface area is 226 Å². The molecule has 9 heteroatoms. The molecule has 5 aromatic rings. The first-order valence-electron chi connectivity index (χ1n) is 11.4. The summed E-state index contributed by atoms with van der Waals surface area (Å²) in [6.45, 7) is 0. The summed E-state index contributed by atoms with van der Waals surface area (Å²) >= 11 is 3.43. The van der Waals surface area contributed by atoms with Crippen molar-refractivity contribution in [2.45, 2.75) is 0 Å². The minimum Gasteiger partial charge on any atom is -0.382 e. The molecule has 2 aromatic heterocycles. The highest BCUT2D eigenvalue weighted by atomic mass is 79.9. The molecular weight excluding hydrogens is 542 g/mol. The summed E-state index contributed by atoms with van der Waals surface area (Å²) in [7, 11) is 0. The van der Waals surface area contributed by atoms with E-state index in [2.05, 4.69) is 21.0 Å². The van der Waals surface area contributed by atoms with Crippen LogP contribution in [0.15, 0.2) is 105 Å². The van der Waals surface area contributed by atoms with E-state index < -0.39 is 5.56 Å². The van der Waals surface area contributed by atoms with Crippen LogP contribution in [0.3, 0.4) is 0 Å². The molecule has 0 radical (unpaired) electrons. The Kier molecular flexibility index (Phi) is 6.68. The van der Waals surface area contributed by atoms with Crippen molar-refractivity contribution in [1.82, 2.24) is 14.5 Å². The second-order valence-corrected chi connectivity index (χ2v) is 9.01. The lowest BCUT2D eigenvalue weighted by Gasteiger charge is -2.13. The van der Waals surface area contributed by atoms with Crippen molar-refractivity contribution in [1.29, 1.82) is 10.5 Å². The van der Waals surface area contributed by atoms with E-state index in [-0.39, 0.29) is 22.5 Å². The van der Waals surface area contributed by atoms with Gasteiger partial charge in [-0.15, -0.1) is 0 Å². The summed E-state index contributed by atoms with van der Waals surface area (Å²) in [5.41, 5.74) is 8.93. The van der Waals surface area contributed by atoms with Gasteiger partial charge in [0.25, 0.3) is 5.56 Å². The topological polar surface area (TPSA) is 126 Å². The number of halogens is 1. The standard InChI is InChI=1S/C29H18BrN7O/c30-25-14-8-7-13-22(25)26-23(15-31)28(33)37(29(38)24(26)16-32)34-17-20-18-36(21-11-5-2-6-12-21)35-27(20)19-9-3-1-4-10-19/h1-14,17-18H,33H2/b34-17+. The third-order valence-electron chi connectivity index (χ3n) is 5.88. The first-order valence-corrected chi connectivity index (χ1v) is 12.2. The minimum atomic E-state index is -0.734. The lowest BCUT2D eigenvalue weighted by atomic mass is 9.96. The molecule has 38 heavy (non-hydrogen) atoms. The van der Waals surface area contributed by atoms with Crippen molar-refractivity contribution in [2.24, 2.45) is 5.10 Å². The monoisotopic (exact) mass is 559 g/mol. The first-order chi connectivity index (χ1) is 18.5. The van der Waals surface area contributed by atoms with Gasteiger partial charge in [0.2, 0.25) is 0 Å². The fraction of sp³-hybridized carbons (Fsp3) is 0. The number of benzene rings is 3. The highest BCUT2D eigenvalue weighted by molar-refractivity contribution is 9.10. The number of nitrogen functional groups attached to an aromatic ring is 1. The van der Waals surface area contributed by atoms with Crippen LogP contribution in [0.4, 0.5) is 5.82 Å². The summed E-state index contributed by atoms with van der Waals surface area (Å²) in [6.07, 6.45) is 3.24. The average molecular weight is 560 g/mol. The lowest BCUT2D eigenvalue weighted by Crippen LogP contribution is -2.25. The smallest absolute Gasteiger partial charge is 0.291 e. The number of para-hydroxylation sites is 1. The van der Waals surface area contributed by atoms with Gasteiger partial charge >= 0.3 is 0 Å². The molecule has 8 nitrogen and oxygen atoms in total. The SMILES string of the molecule is N#Cc1c(-c2ccccc2Br)c(C#N)c(=O)n(/N=C/c2cn(-c3ccccc3)nc2-c2ccccc2)c1N. The molecule has 3 aromatic carbocycles. The summed E-state index contributed by atoms with van der Waals surface area (Å²) in [6, 6.07) is 30.1. The summed E-state index contributed by atoms with van der Waals surface area (Å²) < 4.78 is 3.22. The van der Waals surface area contributed by atoms with Crippen molar-refractivity contribution in [3.8, 4) is 40.2 Å². The third-order valence-corrected chi connectivity index (χ3v) is 6.57. The van der Waals surface area contributed by atoms with E-state index in [1.165, 1.54) is 6.21 Å². The van der Waals surface area contributed by atoms with E-state index >= 15 is 0 Å². The fourth-order valence-electron chi connectivity index (χ4n) is 4.08. The maximum atomic E-state index is 13.4. The van der Waals surface area contributed by atoms with E-state index in [0.29, 0.717) is 21.3 Å². The number of pyridine rings is 1. The summed E-state index contributed by atoms with van der Waals surface area (Å²) in [5.74, 6) is -0.171. The number of hydrogen-bond acceptors (Lipinski definition) is 6. The maximum Gasteiger partial charge on any atom is 0.291 e. The molecule has 0 bridgehead atoms. The van der Waals surface area contributed by atoms with E-state index in [1.54, 1.807) is 35.1 Å². The second-order valence-electron chi connectivity index (χ2n) is 8.15. The predicted octanol–water partition coefficient (Wildman–Crippen LogP) is 5.34. The van der Waals surface area contributed by atoms with Gasteiger partial charge in [0.05, 0.1) is 11.9 Å². The molecule has 0 amide bonds. The molecule has 0 spiro atoms. The maximum absolute atomic E-state index is 13.4. The van der Waals surface area contributed by atoms with E-state index in [9.17, 15) is 15.3 Å². The highest BCUT2D eigenvalue weighted by Gasteiger charge is 2.23. The van der Waals surface area contributed by atoms with Gasteiger partial charge in [0.15, 0.2) is 0 Å². The molecule has 182 valence electrons. The van der Waals surface area contributed by atoms with Crippen molar-refractivity contribution in [3.05, 3.63) is 123 Å². The second kappa shape index (κ2) is 10.4. The molecular formula is C29H18BrN7O. The molecule has 0 unspecified atom stereocenters. The number of rotatable bonds is 5. The predicted molar refractivity (Wildman–Crippen MR) is 150 cm³/mol. The first kappa shape index (κ1) is 24.4. The molecule has 2 heterocycles. The Balaban J connectivity index is 1.69. The van der Waals surface area contributed by atoms with Gasteiger partial charge in [-0.05, 0) is 23.8 Å². The largest absolute Gasteiger partial charge is 0.382 e. The number of hydrogen-bond donors (Lipinski definition) is 1. The van der Waals surface area contributed by atoms with Gasteiger partial charge in [-0.2, -0.15) is 25.4 Å². The zero-order valence-corrected chi connectivity index (χ0v) is 21.4. The molecule has 0 atom stereocenters. The fourth-order valence-corrected chi connectivity index (χ4v) is 4.56. The normalized spacial score (nSPS) is 10.8. The number of anilines is 1. The molecule has 0 fully saturated rings. The van der Waals surface area contributed by atoms with Crippen LogP contribution in [-0.2, 0) is 0 Å². The molecule has 2 N–H and O–H groups in total. The quantitative estimate of drug-likeness (QED) is 0.291. The molecule has 0 aliphatic heterocycles. The van der Waals surface area contributed by atoms with Crippen molar-refractivity contribution in [2.75, 3.05) is 5.73 Å². The number of nitrogens with two attached hydrogens (primary N) is 1. The van der Waals surface area contributed by atoms with Crippen LogP contribution < -0.4 is 11.3 Å². The van der Waals surface area contributed by atoms with Crippen molar-refractivity contribution in [3.63, 3.8) is 0 Å². The Morgan fingerprint density at radius 3 is 2.18 bits per heavy atom. The number of nitrogens with zero attached hydrogens (tertiary/aromatic N) is 6. The van der Waals surface area contributed by atoms with Crippen LogP contribution in [0.2, 0.25) is 0 Å². The number of aromatic nitrogens is 3. The van der Waals surface area contributed by atoms with Crippen molar-refractivity contribution < 1.29 is 0 Å². The molecule has 0 aliphatic rings. The molecule has 0 saturated carbocycles. The van der Waals surface area contributed by atoms with E-state index in [4.69, 9.17) is 10.8 Å². The van der Waals surface area contributed by atoms with Crippen LogP contribution in [0, 0.1) is 22.7 Å². The van der Waals surface area contributed by atoms with Crippen LogP contribution >= 0.6 is 15.9 Å². The van der Waals surface area contributed by atoms with Crippen molar-refractivity contribution >= 4 is 28.0 Å². The van der Waals surface area contributed by atoms with Gasteiger partial charge in [0, 0.05) is 27.4 Å². The lowest BCUT2D eigenvalue weighted by molar-refractivity contribution is 0.841. The molecule has 0 saturated heterocycles. The average Bonchev–Trinajstić information content (AvgIpc) is 3.38. The Bertz CT molecular complexity index is 1830. The van der Waals surface area contributed by atoms with Gasteiger partial charge in [-0.3, -0.25) is 4.79 Å².